The molecule has 5 aliphatic rings. The summed E-state index contributed by atoms with van der Waals surface area (Å²) >= 11 is 0. The van der Waals surface area contributed by atoms with Gasteiger partial charge in [0.2, 0.25) is 23.6 Å². The second-order valence-corrected chi connectivity index (χ2v) is 11.3. The number of anilines is 2. The van der Waals surface area contributed by atoms with Crippen molar-refractivity contribution in [3.05, 3.63) is 70.1 Å². The van der Waals surface area contributed by atoms with Gasteiger partial charge in [-0.2, -0.15) is 10.5 Å². The molecule has 2 bridgehead atoms. The molecule has 0 spiro atoms. The lowest BCUT2D eigenvalue weighted by molar-refractivity contribution is -0.991. The average Bonchev–Trinajstić information content (AvgIpc) is 3.39. The maximum Gasteiger partial charge on any atom is 0.334 e. The van der Waals surface area contributed by atoms with Crippen LogP contribution in [0.3, 0.4) is 0 Å². The standard InChI is InChI=1S/C29H28N4O10/c1-4-43-28(38)21-13(2)18-19-22(26(36)30(24(19)34)14-5-9-16(10-6-14)32(39)40)29(21,3)23-20(18)25(35)31(27(23)37)15-7-11-17(12-8-15)33(41)42/h5-12,18-20,22-23,32-33,39,41H,4H2,1-3H3/t18?,19-,20-,22-,23+,29?/m1/s1. The number of rotatable bonds is 6. The molecule has 14 nitrogen and oxygen atoms in total. The van der Waals surface area contributed by atoms with Crippen LogP contribution in [0.1, 0.15) is 20.8 Å². The monoisotopic (exact) mass is 592 g/mol. The van der Waals surface area contributed by atoms with Crippen molar-refractivity contribution in [3.8, 4) is 0 Å². The predicted molar refractivity (Wildman–Crippen MR) is 144 cm³/mol. The molecule has 43 heavy (non-hydrogen) atoms. The van der Waals surface area contributed by atoms with E-state index in [1.165, 1.54) is 48.5 Å². The lowest BCUT2D eigenvalue weighted by Crippen LogP contribution is -2.99. The average molecular weight is 593 g/mol. The highest BCUT2D eigenvalue weighted by Crippen LogP contribution is 2.68. The summed E-state index contributed by atoms with van der Waals surface area (Å²) in [6.07, 6.45) is 0. The van der Waals surface area contributed by atoms with Gasteiger partial charge in [-0.25, -0.2) is 15.2 Å². The molecule has 14 heteroatoms. The van der Waals surface area contributed by atoms with Crippen LogP contribution in [0.4, 0.5) is 22.7 Å². The van der Waals surface area contributed by atoms with Crippen molar-refractivity contribution >= 4 is 52.3 Å². The van der Waals surface area contributed by atoms with Crippen LogP contribution in [-0.2, 0) is 28.7 Å². The molecular formula is C29H28N4O10. The van der Waals surface area contributed by atoms with Crippen LogP contribution in [0, 0.1) is 45.4 Å². The van der Waals surface area contributed by atoms with Gasteiger partial charge < -0.3 is 15.2 Å². The summed E-state index contributed by atoms with van der Waals surface area (Å²) in [4.78, 5) is 71.8. The first-order chi connectivity index (χ1) is 20.4. The summed E-state index contributed by atoms with van der Waals surface area (Å²) in [6.45, 7) is 4.80. The maximum absolute atomic E-state index is 14.2. The number of amides is 4. The third-order valence-electron chi connectivity index (χ3n) is 9.43. The van der Waals surface area contributed by atoms with Gasteiger partial charge in [0.05, 0.1) is 41.7 Å². The smallest absolute Gasteiger partial charge is 0.334 e. The van der Waals surface area contributed by atoms with Crippen molar-refractivity contribution in [3.63, 3.8) is 0 Å². The van der Waals surface area contributed by atoms with Crippen LogP contribution < -0.4 is 20.3 Å². The number of hydrogen-bond acceptors (Lipinski definition) is 10. The molecule has 7 rings (SSSR count). The van der Waals surface area contributed by atoms with Crippen molar-refractivity contribution in [2.45, 2.75) is 20.8 Å². The van der Waals surface area contributed by atoms with Crippen molar-refractivity contribution in [1.29, 1.82) is 0 Å². The lowest BCUT2D eigenvalue weighted by Gasteiger charge is -2.55. The summed E-state index contributed by atoms with van der Waals surface area (Å²) in [5.41, 5.74) is -0.933. The molecule has 2 aliphatic heterocycles. The fraction of sp³-hybridized carbons (Fsp3) is 0.345. The quantitative estimate of drug-likeness (QED) is 0.200. The van der Waals surface area contributed by atoms with Crippen molar-refractivity contribution in [2.24, 2.45) is 35.0 Å². The Morgan fingerprint density at radius 3 is 1.53 bits per heavy atom. The summed E-state index contributed by atoms with van der Waals surface area (Å²) in [5.74, 6) is -8.76. The van der Waals surface area contributed by atoms with E-state index < -0.39 is 75.1 Å². The molecule has 224 valence electrons. The largest absolute Gasteiger partial charge is 0.595 e. The molecule has 2 aromatic rings. The second-order valence-electron chi connectivity index (χ2n) is 11.3. The number of benzene rings is 2. The third-order valence-corrected chi connectivity index (χ3v) is 9.43. The van der Waals surface area contributed by atoms with Gasteiger partial charge in [-0.05, 0) is 38.1 Å². The zero-order chi connectivity index (χ0) is 31.1. The molecule has 1 saturated carbocycles. The zero-order valence-corrected chi connectivity index (χ0v) is 23.3. The highest BCUT2D eigenvalue weighted by molar-refractivity contribution is 6.27. The summed E-state index contributed by atoms with van der Waals surface area (Å²) < 4.78 is 5.36. The second kappa shape index (κ2) is 9.87. The van der Waals surface area contributed by atoms with Crippen molar-refractivity contribution in [1.82, 2.24) is 0 Å². The van der Waals surface area contributed by atoms with Gasteiger partial charge in [0.25, 0.3) is 0 Å². The number of quaternary nitrogens is 2. The molecule has 4 unspecified atom stereocenters. The van der Waals surface area contributed by atoms with Crippen molar-refractivity contribution in [2.75, 3.05) is 16.4 Å². The maximum atomic E-state index is 14.2. The summed E-state index contributed by atoms with van der Waals surface area (Å²) in [7, 11) is 0. The molecule has 4 N–H and O–H groups in total. The van der Waals surface area contributed by atoms with Gasteiger partial charge in [-0.1, -0.05) is 12.5 Å². The Hall–Kier alpha value is -4.31. The van der Waals surface area contributed by atoms with E-state index in [1.54, 1.807) is 20.8 Å². The Balaban J connectivity index is 1.49. The molecule has 3 fully saturated rings. The summed E-state index contributed by atoms with van der Waals surface area (Å²) in [6, 6.07) is 10.4. The Labute approximate surface area is 244 Å². The Bertz CT molecular complexity index is 1500. The first-order valence-corrected chi connectivity index (χ1v) is 13.7. The van der Waals surface area contributed by atoms with Gasteiger partial charge in [0.15, 0.2) is 11.4 Å². The Kier molecular flexibility index (Phi) is 6.61. The van der Waals surface area contributed by atoms with Gasteiger partial charge in [0, 0.05) is 41.2 Å². The first kappa shape index (κ1) is 28.8. The molecule has 0 aromatic heterocycles. The van der Waals surface area contributed by atoms with Crippen LogP contribution in [-0.4, -0.2) is 46.6 Å². The van der Waals surface area contributed by atoms with Crippen LogP contribution in [0.2, 0.25) is 0 Å². The highest BCUT2D eigenvalue weighted by Gasteiger charge is 2.77. The number of imide groups is 2. The van der Waals surface area contributed by atoms with Crippen LogP contribution in [0.25, 0.3) is 0 Å². The minimum Gasteiger partial charge on any atom is -0.595 e. The van der Waals surface area contributed by atoms with E-state index in [2.05, 4.69) is 0 Å². The first-order valence-electron chi connectivity index (χ1n) is 13.7. The molecular weight excluding hydrogens is 564 g/mol. The lowest BCUT2D eigenvalue weighted by atomic mass is 9.43. The van der Waals surface area contributed by atoms with Gasteiger partial charge in [-0.15, -0.1) is 0 Å². The molecule has 3 aliphatic carbocycles. The zero-order valence-electron chi connectivity index (χ0n) is 23.3. The minimum absolute atomic E-state index is 0.0163. The predicted octanol–water partition coefficient (Wildman–Crippen LogP) is -0.0659. The fourth-order valence-electron chi connectivity index (χ4n) is 7.82. The molecule has 0 radical (unpaired) electrons. The number of nitrogens with one attached hydrogen (secondary N) is 2. The van der Waals surface area contributed by atoms with Gasteiger partial charge in [0.1, 0.15) is 0 Å². The molecule has 4 amide bonds. The number of ether oxygens (including phenoxy) is 1. The SMILES string of the molecule is CCOC(=O)C1=C(C)C2[C@H]3C(=O)N(c4ccc([NH+]([O-])O)cc4)C(=O)[C@H]3C1(C)[C@H]1C(=O)N(c3ccc([NH+]([O-])O)cc3)C(=O)[C@H]21. The number of nitrogens with zero attached hydrogens (tertiary/aromatic N) is 2. The van der Waals surface area contributed by atoms with E-state index in [0.717, 1.165) is 9.80 Å². The molecule has 2 saturated heterocycles. The number of hydrogen-bond donors (Lipinski definition) is 4. The van der Waals surface area contributed by atoms with E-state index in [1.807, 2.05) is 0 Å². The van der Waals surface area contributed by atoms with Gasteiger partial charge in [-0.3, -0.25) is 29.0 Å². The number of esters is 1. The van der Waals surface area contributed by atoms with E-state index >= 15 is 0 Å². The number of carbonyl (C=O) groups excluding carboxylic acids is 5. The third kappa shape index (κ3) is 3.78. The fourth-order valence-corrected chi connectivity index (χ4v) is 7.82. The van der Waals surface area contributed by atoms with E-state index in [-0.39, 0.29) is 34.9 Å². The highest BCUT2D eigenvalue weighted by atomic mass is 16.8. The van der Waals surface area contributed by atoms with Crippen LogP contribution in [0.5, 0.6) is 0 Å². The Morgan fingerprint density at radius 1 is 0.791 bits per heavy atom. The summed E-state index contributed by atoms with van der Waals surface area (Å²) in [5, 5.41) is 38.9. The Morgan fingerprint density at radius 2 is 1.19 bits per heavy atom. The molecule has 2 heterocycles. The molecule has 2 aromatic carbocycles. The topological polar surface area (TPSA) is 197 Å². The normalized spacial score (nSPS) is 31.0. The number of allylic oxidation sites excluding steroid dienone is 1. The van der Waals surface area contributed by atoms with E-state index in [9.17, 15) is 44.8 Å². The molecule has 8 atom stereocenters. The van der Waals surface area contributed by atoms with Crippen molar-refractivity contribution < 1.29 is 49.6 Å². The van der Waals surface area contributed by atoms with Crippen LogP contribution in [0.15, 0.2) is 59.7 Å². The van der Waals surface area contributed by atoms with E-state index in [0.29, 0.717) is 5.57 Å². The minimum atomic E-state index is -1.61. The van der Waals surface area contributed by atoms with Gasteiger partial charge >= 0.3 is 5.97 Å². The number of carbonyl (C=O) groups is 5. The van der Waals surface area contributed by atoms with Crippen LogP contribution >= 0.6 is 0 Å². The van der Waals surface area contributed by atoms with E-state index in [4.69, 9.17) is 4.74 Å².